The molecule has 0 spiro atoms. The summed E-state index contributed by atoms with van der Waals surface area (Å²) in [6.45, 7) is 3.55. The van der Waals surface area contributed by atoms with E-state index in [1.54, 1.807) is 7.11 Å². The number of benzene rings is 1. The standard InChI is InChI=1S/C18H27N3O3/c1-22-16-7-6-14(12-17(16)24-15-4-2-3-5-15)13-20-18(19)21-8-10-23-11-9-21/h6-7,12,15H,2-5,8-11,13H2,1H3,(H2,19,20). The van der Waals surface area contributed by atoms with E-state index < -0.39 is 0 Å². The largest absolute Gasteiger partial charge is 0.493 e. The number of hydrogen-bond acceptors (Lipinski definition) is 4. The van der Waals surface area contributed by atoms with Gasteiger partial charge in [0.2, 0.25) is 0 Å². The molecule has 24 heavy (non-hydrogen) atoms. The normalized spacial score (nSPS) is 19.5. The van der Waals surface area contributed by atoms with Gasteiger partial charge in [0.25, 0.3) is 0 Å². The molecule has 0 unspecified atom stereocenters. The van der Waals surface area contributed by atoms with Crippen molar-refractivity contribution < 1.29 is 14.2 Å². The highest BCUT2D eigenvalue weighted by Gasteiger charge is 2.18. The van der Waals surface area contributed by atoms with E-state index in [2.05, 4.69) is 9.89 Å². The van der Waals surface area contributed by atoms with Crippen LogP contribution in [0.3, 0.4) is 0 Å². The Labute approximate surface area is 143 Å². The van der Waals surface area contributed by atoms with Gasteiger partial charge in [0.1, 0.15) is 0 Å². The second kappa shape index (κ2) is 8.24. The van der Waals surface area contributed by atoms with E-state index in [0.29, 0.717) is 31.8 Å². The predicted octanol–water partition coefficient (Wildman–Crippen LogP) is 2.16. The smallest absolute Gasteiger partial charge is 0.191 e. The van der Waals surface area contributed by atoms with Crippen molar-refractivity contribution in [3.05, 3.63) is 23.8 Å². The van der Waals surface area contributed by atoms with Gasteiger partial charge >= 0.3 is 0 Å². The van der Waals surface area contributed by atoms with Crippen molar-refractivity contribution in [1.29, 1.82) is 0 Å². The molecule has 1 aromatic carbocycles. The maximum Gasteiger partial charge on any atom is 0.191 e. The van der Waals surface area contributed by atoms with Crippen molar-refractivity contribution in [3.63, 3.8) is 0 Å². The number of methoxy groups -OCH3 is 1. The number of morpholine rings is 1. The summed E-state index contributed by atoms with van der Waals surface area (Å²) in [5, 5.41) is 0. The van der Waals surface area contributed by atoms with Crippen LogP contribution in [0.4, 0.5) is 0 Å². The van der Waals surface area contributed by atoms with E-state index >= 15 is 0 Å². The molecule has 2 aliphatic rings. The molecular formula is C18H27N3O3. The van der Waals surface area contributed by atoms with Gasteiger partial charge in [-0.25, -0.2) is 4.99 Å². The van der Waals surface area contributed by atoms with Crippen molar-refractivity contribution >= 4 is 5.96 Å². The van der Waals surface area contributed by atoms with E-state index in [0.717, 1.165) is 43.0 Å². The summed E-state index contributed by atoms with van der Waals surface area (Å²) in [6, 6.07) is 5.98. The Kier molecular flexibility index (Phi) is 5.80. The summed E-state index contributed by atoms with van der Waals surface area (Å²) >= 11 is 0. The van der Waals surface area contributed by atoms with Crippen LogP contribution in [-0.2, 0) is 11.3 Å². The van der Waals surface area contributed by atoms with Gasteiger partial charge in [-0.05, 0) is 43.4 Å². The lowest BCUT2D eigenvalue weighted by Gasteiger charge is -2.27. The Morgan fingerprint density at radius 3 is 2.71 bits per heavy atom. The highest BCUT2D eigenvalue weighted by molar-refractivity contribution is 5.78. The highest BCUT2D eigenvalue weighted by Crippen LogP contribution is 2.32. The van der Waals surface area contributed by atoms with Crippen molar-refractivity contribution in [2.75, 3.05) is 33.4 Å². The molecule has 0 atom stereocenters. The van der Waals surface area contributed by atoms with Gasteiger partial charge in [0, 0.05) is 13.1 Å². The van der Waals surface area contributed by atoms with Gasteiger partial charge < -0.3 is 24.8 Å². The molecule has 1 heterocycles. The highest BCUT2D eigenvalue weighted by atomic mass is 16.5. The fraction of sp³-hybridized carbons (Fsp3) is 0.611. The van der Waals surface area contributed by atoms with Crippen molar-refractivity contribution in [2.24, 2.45) is 10.7 Å². The third-order valence-electron chi connectivity index (χ3n) is 4.58. The lowest BCUT2D eigenvalue weighted by Crippen LogP contribution is -2.44. The number of guanidine groups is 1. The molecule has 1 aromatic rings. The Morgan fingerprint density at radius 2 is 2.00 bits per heavy atom. The van der Waals surface area contributed by atoms with Crippen LogP contribution in [0.1, 0.15) is 31.2 Å². The average Bonchev–Trinajstić information content (AvgIpc) is 3.13. The molecule has 0 amide bonds. The average molecular weight is 333 g/mol. The van der Waals surface area contributed by atoms with E-state index in [4.69, 9.17) is 19.9 Å². The van der Waals surface area contributed by atoms with Gasteiger partial charge in [0.15, 0.2) is 17.5 Å². The molecule has 1 saturated carbocycles. The van der Waals surface area contributed by atoms with Gasteiger partial charge in [-0.15, -0.1) is 0 Å². The first-order chi connectivity index (χ1) is 11.8. The third kappa shape index (κ3) is 4.32. The maximum atomic E-state index is 6.13. The van der Waals surface area contributed by atoms with Crippen LogP contribution >= 0.6 is 0 Å². The first-order valence-corrected chi connectivity index (χ1v) is 8.72. The van der Waals surface area contributed by atoms with E-state index in [1.807, 2.05) is 18.2 Å². The van der Waals surface area contributed by atoms with Gasteiger partial charge in [-0.3, -0.25) is 0 Å². The number of hydrogen-bond donors (Lipinski definition) is 1. The Bertz CT molecular complexity index is 565. The minimum absolute atomic E-state index is 0.302. The van der Waals surface area contributed by atoms with Crippen LogP contribution in [0.25, 0.3) is 0 Å². The van der Waals surface area contributed by atoms with Gasteiger partial charge in [-0.2, -0.15) is 0 Å². The first-order valence-electron chi connectivity index (χ1n) is 8.72. The minimum atomic E-state index is 0.302. The minimum Gasteiger partial charge on any atom is -0.493 e. The van der Waals surface area contributed by atoms with E-state index in [1.165, 1.54) is 12.8 Å². The zero-order chi connectivity index (χ0) is 16.8. The second-order valence-electron chi connectivity index (χ2n) is 6.28. The molecule has 0 aromatic heterocycles. The van der Waals surface area contributed by atoms with E-state index in [-0.39, 0.29) is 0 Å². The number of aliphatic imine (C=N–C) groups is 1. The van der Waals surface area contributed by atoms with Crippen LogP contribution < -0.4 is 15.2 Å². The number of nitrogens with two attached hydrogens (primary N) is 1. The summed E-state index contributed by atoms with van der Waals surface area (Å²) < 4.78 is 16.9. The van der Waals surface area contributed by atoms with Crippen LogP contribution in [0, 0.1) is 0 Å². The van der Waals surface area contributed by atoms with Crippen molar-refractivity contribution in [1.82, 2.24) is 4.90 Å². The molecule has 1 aliphatic carbocycles. The van der Waals surface area contributed by atoms with Crippen molar-refractivity contribution in [3.8, 4) is 11.5 Å². The number of ether oxygens (including phenoxy) is 3. The lowest BCUT2D eigenvalue weighted by molar-refractivity contribution is 0.0674. The summed E-state index contributed by atoms with van der Waals surface area (Å²) in [7, 11) is 1.67. The maximum absolute atomic E-state index is 6.13. The second-order valence-corrected chi connectivity index (χ2v) is 6.28. The van der Waals surface area contributed by atoms with Crippen LogP contribution in [0.2, 0.25) is 0 Å². The molecular weight excluding hydrogens is 306 g/mol. The monoisotopic (exact) mass is 333 g/mol. The van der Waals surface area contributed by atoms with E-state index in [9.17, 15) is 0 Å². The molecule has 2 N–H and O–H groups in total. The number of rotatable bonds is 5. The fourth-order valence-corrected chi connectivity index (χ4v) is 3.16. The Morgan fingerprint density at radius 1 is 1.25 bits per heavy atom. The van der Waals surface area contributed by atoms with Crippen LogP contribution in [0.15, 0.2) is 23.2 Å². The van der Waals surface area contributed by atoms with Crippen LogP contribution in [-0.4, -0.2) is 50.4 Å². The summed E-state index contributed by atoms with van der Waals surface area (Å²) in [4.78, 5) is 6.57. The molecule has 2 fully saturated rings. The van der Waals surface area contributed by atoms with Gasteiger partial charge in [-0.1, -0.05) is 6.07 Å². The quantitative estimate of drug-likeness (QED) is 0.660. The summed E-state index contributed by atoms with van der Waals surface area (Å²) in [5.41, 5.74) is 7.16. The molecule has 3 rings (SSSR count). The zero-order valence-corrected chi connectivity index (χ0v) is 14.4. The molecule has 1 saturated heterocycles. The molecule has 6 heteroatoms. The Balaban J connectivity index is 1.66. The van der Waals surface area contributed by atoms with Crippen LogP contribution in [0.5, 0.6) is 11.5 Å². The topological polar surface area (TPSA) is 69.3 Å². The van der Waals surface area contributed by atoms with Gasteiger partial charge in [0.05, 0.1) is 33.0 Å². The fourth-order valence-electron chi connectivity index (χ4n) is 3.16. The molecule has 0 bridgehead atoms. The first kappa shape index (κ1) is 16.9. The molecule has 6 nitrogen and oxygen atoms in total. The molecule has 132 valence electrons. The number of nitrogens with zero attached hydrogens (tertiary/aromatic N) is 2. The lowest BCUT2D eigenvalue weighted by atomic mass is 10.2. The SMILES string of the molecule is COc1ccc(CN=C(N)N2CCOCC2)cc1OC1CCCC1. The summed E-state index contributed by atoms with van der Waals surface area (Å²) in [6.07, 6.45) is 5.03. The zero-order valence-electron chi connectivity index (χ0n) is 14.4. The predicted molar refractivity (Wildman–Crippen MR) is 93.6 cm³/mol. The Hall–Kier alpha value is -1.95. The third-order valence-corrected chi connectivity index (χ3v) is 4.58. The van der Waals surface area contributed by atoms with Crippen molar-refractivity contribution in [2.45, 2.75) is 38.3 Å². The molecule has 0 radical (unpaired) electrons. The summed E-state index contributed by atoms with van der Waals surface area (Å²) in [5.74, 6) is 2.16. The molecule has 1 aliphatic heterocycles.